The van der Waals surface area contributed by atoms with Crippen LogP contribution in [0.1, 0.15) is 84.4 Å². The zero-order valence-electron chi connectivity index (χ0n) is 26.4. The molecule has 2 aromatic carbocycles. The molecule has 2 amide bonds. The van der Waals surface area contributed by atoms with Crippen LogP contribution in [0.5, 0.6) is 5.75 Å². The summed E-state index contributed by atoms with van der Waals surface area (Å²) >= 11 is 0. The first-order chi connectivity index (χ1) is 20.0. The molecular formula is C35H50FN3O3. The lowest BCUT2D eigenvalue weighted by Gasteiger charge is -2.49. The SMILES string of the molecule is CCN(CCC(C)CC(=O)N1CCN(C(c2ccccc2)c2ccc(OCC3CC3)c(F)c2)C[C@@H]1C(C)(C)C)C(C)=O. The minimum atomic E-state index is -0.323. The number of amides is 2. The second-order valence-corrected chi connectivity index (χ2v) is 13.4. The molecule has 0 radical (unpaired) electrons. The Labute approximate surface area is 252 Å². The molecule has 1 heterocycles. The molecule has 7 heteroatoms. The van der Waals surface area contributed by atoms with Crippen molar-refractivity contribution in [3.8, 4) is 5.75 Å². The minimum absolute atomic E-state index is 0.00696. The molecule has 1 aliphatic heterocycles. The Hall–Kier alpha value is -2.93. The topological polar surface area (TPSA) is 53.1 Å². The number of carbonyl (C=O) groups excluding carboxylic acids is 2. The molecule has 4 rings (SSSR count). The predicted molar refractivity (Wildman–Crippen MR) is 166 cm³/mol. The van der Waals surface area contributed by atoms with Crippen LogP contribution in [0.2, 0.25) is 0 Å². The lowest BCUT2D eigenvalue weighted by molar-refractivity contribution is -0.141. The summed E-state index contributed by atoms with van der Waals surface area (Å²) in [6, 6.07) is 15.5. The van der Waals surface area contributed by atoms with Crippen LogP contribution in [-0.4, -0.2) is 71.9 Å². The van der Waals surface area contributed by atoms with E-state index in [2.05, 4.69) is 49.6 Å². The van der Waals surface area contributed by atoms with Crippen LogP contribution < -0.4 is 4.74 Å². The number of nitrogens with zero attached hydrogens (tertiary/aromatic N) is 3. The van der Waals surface area contributed by atoms with E-state index < -0.39 is 0 Å². The van der Waals surface area contributed by atoms with Crippen molar-refractivity contribution < 1.29 is 18.7 Å². The van der Waals surface area contributed by atoms with E-state index in [9.17, 15) is 9.59 Å². The van der Waals surface area contributed by atoms with Crippen molar-refractivity contribution in [2.75, 3.05) is 39.3 Å². The highest BCUT2D eigenvalue weighted by atomic mass is 19.1. The molecule has 1 saturated carbocycles. The number of carbonyl (C=O) groups is 2. The number of halogens is 1. The van der Waals surface area contributed by atoms with Crippen LogP contribution in [0.4, 0.5) is 4.39 Å². The molecule has 6 nitrogen and oxygen atoms in total. The largest absolute Gasteiger partial charge is 0.490 e. The van der Waals surface area contributed by atoms with E-state index in [1.54, 1.807) is 19.1 Å². The molecular weight excluding hydrogens is 529 g/mol. The lowest BCUT2D eigenvalue weighted by atomic mass is 9.82. The first kappa shape index (κ1) is 32.0. The van der Waals surface area contributed by atoms with Crippen LogP contribution in [0.3, 0.4) is 0 Å². The quantitative estimate of drug-likeness (QED) is 0.286. The molecule has 42 heavy (non-hydrogen) atoms. The van der Waals surface area contributed by atoms with Crippen LogP contribution in [0.25, 0.3) is 0 Å². The molecule has 0 bridgehead atoms. The van der Waals surface area contributed by atoms with E-state index in [-0.39, 0.29) is 41.0 Å². The van der Waals surface area contributed by atoms with Crippen molar-refractivity contribution in [1.29, 1.82) is 0 Å². The van der Waals surface area contributed by atoms with Gasteiger partial charge in [0.05, 0.1) is 12.6 Å². The van der Waals surface area contributed by atoms with Gasteiger partial charge in [0.1, 0.15) is 0 Å². The third-order valence-corrected chi connectivity index (χ3v) is 8.90. The van der Waals surface area contributed by atoms with Gasteiger partial charge in [-0.25, -0.2) is 4.39 Å². The Balaban J connectivity index is 1.51. The molecule has 0 aromatic heterocycles. The summed E-state index contributed by atoms with van der Waals surface area (Å²) in [5, 5.41) is 0. The highest BCUT2D eigenvalue weighted by Gasteiger charge is 2.40. The summed E-state index contributed by atoms with van der Waals surface area (Å²) in [4.78, 5) is 31.8. The number of piperazine rings is 1. The number of ether oxygens (including phenoxy) is 1. The van der Waals surface area contributed by atoms with Crippen molar-refractivity contribution in [3.05, 3.63) is 65.5 Å². The summed E-state index contributed by atoms with van der Waals surface area (Å²) in [6.07, 6.45) is 3.60. The van der Waals surface area contributed by atoms with E-state index >= 15 is 4.39 Å². The van der Waals surface area contributed by atoms with Crippen LogP contribution in [0.15, 0.2) is 48.5 Å². The fourth-order valence-corrected chi connectivity index (χ4v) is 6.06. The van der Waals surface area contributed by atoms with E-state index in [4.69, 9.17) is 4.74 Å². The molecule has 2 aromatic rings. The van der Waals surface area contributed by atoms with Gasteiger partial charge in [0.2, 0.25) is 11.8 Å². The van der Waals surface area contributed by atoms with Crippen molar-refractivity contribution in [3.63, 3.8) is 0 Å². The second kappa shape index (κ2) is 14.0. The molecule has 2 fully saturated rings. The van der Waals surface area contributed by atoms with Gasteiger partial charge in [0.15, 0.2) is 11.6 Å². The van der Waals surface area contributed by atoms with Gasteiger partial charge in [-0.2, -0.15) is 0 Å². The third-order valence-electron chi connectivity index (χ3n) is 8.90. The highest BCUT2D eigenvalue weighted by Crippen LogP contribution is 2.37. The number of rotatable bonds is 12. The van der Waals surface area contributed by atoms with Crippen molar-refractivity contribution in [2.24, 2.45) is 17.3 Å². The van der Waals surface area contributed by atoms with Gasteiger partial charge in [-0.15, -0.1) is 0 Å². The first-order valence-electron chi connectivity index (χ1n) is 15.7. The Morgan fingerprint density at radius 1 is 1.07 bits per heavy atom. The molecule has 0 N–H and O–H groups in total. The van der Waals surface area contributed by atoms with Gasteiger partial charge in [-0.05, 0) is 66.7 Å². The van der Waals surface area contributed by atoms with Crippen LogP contribution in [0, 0.1) is 23.1 Å². The molecule has 2 aliphatic rings. The fraction of sp³-hybridized carbons (Fsp3) is 0.600. The summed E-state index contributed by atoms with van der Waals surface area (Å²) in [5.74, 6) is 0.991. The van der Waals surface area contributed by atoms with Gasteiger partial charge in [0, 0.05) is 52.1 Å². The maximum atomic E-state index is 15.3. The van der Waals surface area contributed by atoms with Crippen molar-refractivity contribution >= 4 is 11.8 Å². The summed E-state index contributed by atoms with van der Waals surface area (Å²) < 4.78 is 21.1. The third kappa shape index (κ3) is 8.33. The van der Waals surface area contributed by atoms with Gasteiger partial charge >= 0.3 is 0 Å². The van der Waals surface area contributed by atoms with Gasteiger partial charge in [0.25, 0.3) is 0 Å². The van der Waals surface area contributed by atoms with Crippen LogP contribution in [-0.2, 0) is 9.59 Å². The Morgan fingerprint density at radius 2 is 1.79 bits per heavy atom. The normalized spacial score (nSPS) is 19.3. The molecule has 2 unspecified atom stereocenters. The Kier molecular flexibility index (Phi) is 10.7. The average Bonchev–Trinajstić information content (AvgIpc) is 3.77. The second-order valence-electron chi connectivity index (χ2n) is 13.4. The summed E-state index contributed by atoms with van der Waals surface area (Å²) in [5.41, 5.74) is 1.86. The molecule has 3 atom stereocenters. The molecule has 1 saturated heterocycles. The highest BCUT2D eigenvalue weighted by molar-refractivity contribution is 5.77. The van der Waals surface area contributed by atoms with Crippen molar-refractivity contribution in [1.82, 2.24) is 14.7 Å². The summed E-state index contributed by atoms with van der Waals surface area (Å²) in [7, 11) is 0. The molecule has 1 aliphatic carbocycles. The summed E-state index contributed by atoms with van der Waals surface area (Å²) in [6.45, 7) is 16.2. The van der Waals surface area contributed by atoms with E-state index in [1.165, 1.54) is 0 Å². The zero-order valence-corrected chi connectivity index (χ0v) is 26.4. The molecule has 230 valence electrons. The zero-order chi connectivity index (χ0) is 30.4. The predicted octanol–water partition coefficient (Wildman–Crippen LogP) is 6.55. The van der Waals surface area contributed by atoms with Crippen LogP contribution >= 0.6 is 0 Å². The van der Waals surface area contributed by atoms with Gasteiger partial charge in [-0.3, -0.25) is 14.5 Å². The number of benzene rings is 2. The monoisotopic (exact) mass is 579 g/mol. The fourth-order valence-electron chi connectivity index (χ4n) is 6.06. The van der Waals surface area contributed by atoms with E-state index in [1.807, 2.05) is 36.1 Å². The van der Waals surface area contributed by atoms with E-state index in [0.29, 0.717) is 57.4 Å². The maximum absolute atomic E-state index is 15.3. The van der Waals surface area contributed by atoms with Crippen molar-refractivity contribution in [2.45, 2.75) is 79.3 Å². The van der Waals surface area contributed by atoms with Gasteiger partial charge < -0.3 is 14.5 Å². The standard InChI is InChI=1S/C35H50FN3O3/c1-7-37(26(3)40)18-17-25(2)21-33(41)39-20-19-38(23-32(39)35(4,5)6)34(28-11-9-8-10-12-28)29-15-16-31(30(36)22-29)42-24-27-13-14-27/h8-12,15-16,22,25,27,32,34H,7,13-14,17-21,23-24H2,1-6H3/t25?,32-,34?/m1/s1. The smallest absolute Gasteiger partial charge is 0.223 e. The number of hydrogen-bond donors (Lipinski definition) is 0. The molecule has 0 spiro atoms. The number of hydrogen-bond acceptors (Lipinski definition) is 4. The van der Waals surface area contributed by atoms with Gasteiger partial charge in [-0.1, -0.05) is 64.1 Å². The van der Waals surface area contributed by atoms with E-state index in [0.717, 1.165) is 30.4 Å². The Morgan fingerprint density at radius 3 is 2.38 bits per heavy atom. The average molecular weight is 580 g/mol. The lowest BCUT2D eigenvalue weighted by Crippen LogP contribution is -2.60. The maximum Gasteiger partial charge on any atom is 0.223 e. The Bertz CT molecular complexity index is 1190. The minimum Gasteiger partial charge on any atom is -0.490 e. The first-order valence-corrected chi connectivity index (χ1v) is 15.7.